The first-order chi connectivity index (χ1) is 5.29. The van der Waals surface area contributed by atoms with Crippen molar-refractivity contribution >= 4 is 27.5 Å². The molecule has 0 saturated carbocycles. The zero-order valence-electron chi connectivity index (χ0n) is 6.08. The number of halogens is 1. The summed E-state index contributed by atoms with van der Waals surface area (Å²) in [7, 11) is 1.64. The van der Waals surface area contributed by atoms with E-state index in [1.807, 2.05) is 0 Å². The van der Waals surface area contributed by atoms with Gasteiger partial charge in [0, 0.05) is 13.7 Å². The summed E-state index contributed by atoms with van der Waals surface area (Å²) in [6.45, 7) is 0.483. The molecule has 1 unspecified atom stereocenters. The molecule has 0 fully saturated rings. The third kappa shape index (κ3) is 1.99. The average molecular weight is 237 g/mol. The van der Waals surface area contributed by atoms with Gasteiger partial charge >= 0.3 is 0 Å². The van der Waals surface area contributed by atoms with E-state index in [0.29, 0.717) is 6.54 Å². The van der Waals surface area contributed by atoms with E-state index in [1.54, 1.807) is 13.3 Å². The average Bonchev–Trinajstić information content (AvgIpc) is 2.40. The lowest BCUT2D eigenvalue weighted by atomic mass is 10.3. The highest BCUT2D eigenvalue weighted by Gasteiger charge is 2.13. The summed E-state index contributed by atoms with van der Waals surface area (Å²) in [5.41, 5.74) is 5.48. The molecule has 0 aliphatic rings. The minimum absolute atomic E-state index is 0.0307. The largest absolute Gasteiger partial charge is 0.374 e. The molecular formula is C6H9BrN2OS. The van der Waals surface area contributed by atoms with Gasteiger partial charge in [-0.15, -0.1) is 0 Å². The molecule has 0 amide bonds. The molecule has 1 aromatic heterocycles. The topological polar surface area (TPSA) is 48.1 Å². The monoisotopic (exact) mass is 236 g/mol. The van der Waals surface area contributed by atoms with Crippen LogP contribution in [0.5, 0.6) is 0 Å². The van der Waals surface area contributed by atoms with Gasteiger partial charge in [-0.3, -0.25) is 0 Å². The fraction of sp³-hybridized carbons (Fsp3) is 0.500. The number of aromatic nitrogens is 1. The Morgan fingerprint density at radius 2 is 2.64 bits per heavy atom. The first-order valence-electron chi connectivity index (χ1n) is 3.12. The quantitative estimate of drug-likeness (QED) is 0.867. The Bertz CT molecular complexity index is 224. The summed E-state index contributed by atoms with van der Waals surface area (Å²) in [4.78, 5) is 1.05. The van der Waals surface area contributed by atoms with Crippen LogP contribution in [0.3, 0.4) is 0 Å². The number of hydrogen-bond acceptors (Lipinski definition) is 4. The molecule has 0 aliphatic heterocycles. The molecule has 0 aromatic carbocycles. The highest BCUT2D eigenvalue weighted by atomic mass is 79.9. The molecule has 11 heavy (non-hydrogen) atoms. The second kappa shape index (κ2) is 4.15. The third-order valence-electron chi connectivity index (χ3n) is 1.34. The van der Waals surface area contributed by atoms with Crippen LogP contribution < -0.4 is 5.73 Å². The predicted molar refractivity (Wildman–Crippen MR) is 48.6 cm³/mol. The second-order valence-corrected chi connectivity index (χ2v) is 3.69. The number of rotatable bonds is 3. The van der Waals surface area contributed by atoms with Crippen LogP contribution in [0.2, 0.25) is 0 Å². The van der Waals surface area contributed by atoms with Crippen LogP contribution in [0.4, 0.5) is 0 Å². The highest BCUT2D eigenvalue weighted by molar-refractivity contribution is 9.10. The van der Waals surface area contributed by atoms with Crippen LogP contribution in [0.1, 0.15) is 11.0 Å². The number of ether oxygens (including phenoxy) is 1. The van der Waals surface area contributed by atoms with Gasteiger partial charge in [-0.2, -0.15) is 4.37 Å². The minimum Gasteiger partial charge on any atom is -0.374 e. The Morgan fingerprint density at radius 1 is 1.91 bits per heavy atom. The molecule has 62 valence electrons. The van der Waals surface area contributed by atoms with Crippen molar-refractivity contribution in [1.82, 2.24) is 4.37 Å². The van der Waals surface area contributed by atoms with Crippen LogP contribution in [0.25, 0.3) is 0 Å². The molecule has 0 spiro atoms. The summed E-state index contributed by atoms with van der Waals surface area (Å²) in [5.74, 6) is 0. The summed E-state index contributed by atoms with van der Waals surface area (Å²) in [6, 6.07) is 0. The van der Waals surface area contributed by atoms with E-state index in [0.717, 1.165) is 9.35 Å². The number of nitrogens with two attached hydrogens (primary N) is 1. The van der Waals surface area contributed by atoms with Gasteiger partial charge in [-0.25, -0.2) is 0 Å². The van der Waals surface area contributed by atoms with Crippen molar-refractivity contribution in [2.75, 3.05) is 13.7 Å². The van der Waals surface area contributed by atoms with Crippen LogP contribution in [-0.4, -0.2) is 18.0 Å². The van der Waals surface area contributed by atoms with E-state index >= 15 is 0 Å². The molecule has 1 aromatic rings. The van der Waals surface area contributed by atoms with E-state index in [-0.39, 0.29) is 6.10 Å². The Hall–Kier alpha value is 0.0300. The van der Waals surface area contributed by atoms with Gasteiger partial charge in [0.05, 0.1) is 15.5 Å². The lowest BCUT2D eigenvalue weighted by molar-refractivity contribution is 0.113. The highest BCUT2D eigenvalue weighted by Crippen LogP contribution is 2.27. The number of methoxy groups -OCH3 is 1. The number of hydrogen-bond donors (Lipinski definition) is 1. The van der Waals surface area contributed by atoms with E-state index < -0.39 is 0 Å². The Kier molecular flexibility index (Phi) is 3.45. The molecule has 1 rings (SSSR count). The van der Waals surface area contributed by atoms with Crippen molar-refractivity contribution in [3.05, 3.63) is 15.5 Å². The molecule has 1 heterocycles. The van der Waals surface area contributed by atoms with Gasteiger partial charge in [-0.1, -0.05) is 0 Å². The SMILES string of the molecule is COC(CN)c1sncc1Br. The lowest BCUT2D eigenvalue weighted by Gasteiger charge is -2.09. The second-order valence-electron chi connectivity index (χ2n) is 2.00. The van der Waals surface area contributed by atoms with Gasteiger partial charge < -0.3 is 10.5 Å². The van der Waals surface area contributed by atoms with Gasteiger partial charge in [-0.05, 0) is 27.5 Å². The number of nitrogens with zero attached hydrogens (tertiary/aromatic N) is 1. The first-order valence-corrected chi connectivity index (χ1v) is 4.69. The van der Waals surface area contributed by atoms with Crippen LogP contribution in [-0.2, 0) is 4.74 Å². The zero-order chi connectivity index (χ0) is 8.27. The third-order valence-corrected chi connectivity index (χ3v) is 3.13. The molecule has 0 bridgehead atoms. The molecule has 0 radical (unpaired) electrons. The maximum absolute atomic E-state index is 5.48. The Balaban J connectivity index is 2.81. The van der Waals surface area contributed by atoms with Gasteiger partial charge in [0.2, 0.25) is 0 Å². The first kappa shape index (κ1) is 9.12. The molecular weight excluding hydrogens is 228 g/mol. The van der Waals surface area contributed by atoms with Crippen molar-refractivity contribution in [3.8, 4) is 0 Å². The van der Waals surface area contributed by atoms with Crippen LogP contribution in [0.15, 0.2) is 10.7 Å². The van der Waals surface area contributed by atoms with Crippen molar-refractivity contribution < 1.29 is 4.74 Å². The van der Waals surface area contributed by atoms with Crippen molar-refractivity contribution in [2.45, 2.75) is 6.10 Å². The summed E-state index contributed by atoms with van der Waals surface area (Å²) < 4.78 is 10.1. The van der Waals surface area contributed by atoms with Crippen LogP contribution in [0, 0.1) is 0 Å². The van der Waals surface area contributed by atoms with Crippen molar-refractivity contribution in [3.63, 3.8) is 0 Å². The molecule has 0 aliphatic carbocycles. The maximum Gasteiger partial charge on any atom is 0.106 e. The van der Waals surface area contributed by atoms with Gasteiger partial charge in [0.25, 0.3) is 0 Å². The fourth-order valence-electron chi connectivity index (χ4n) is 0.760. The fourth-order valence-corrected chi connectivity index (χ4v) is 2.19. The van der Waals surface area contributed by atoms with Gasteiger partial charge in [0.1, 0.15) is 6.10 Å². The van der Waals surface area contributed by atoms with E-state index in [9.17, 15) is 0 Å². The Labute approximate surface area is 77.8 Å². The van der Waals surface area contributed by atoms with Gasteiger partial charge in [0.15, 0.2) is 0 Å². The summed E-state index contributed by atoms with van der Waals surface area (Å²) in [6.07, 6.45) is 1.72. The van der Waals surface area contributed by atoms with E-state index in [4.69, 9.17) is 10.5 Å². The normalized spacial score (nSPS) is 13.4. The van der Waals surface area contributed by atoms with E-state index in [2.05, 4.69) is 20.3 Å². The molecule has 5 heteroatoms. The van der Waals surface area contributed by atoms with Crippen molar-refractivity contribution in [2.24, 2.45) is 5.73 Å². The molecule has 2 N–H and O–H groups in total. The van der Waals surface area contributed by atoms with Crippen LogP contribution >= 0.6 is 27.5 Å². The maximum atomic E-state index is 5.48. The predicted octanol–water partition coefficient (Wildman–Crippen LogP) is 1.55. The molecule has 3 nitrogen and oxygen atoms in total. The molecule has 1 atom stereocenters. The minimum atomic E-state index is -0.0307. The standard InChI is InChI=1S/C6H9BrN2OS/c1-10-5(2-8)6-4(7)3-9-11-6/h3,5H,2,8H2,1H3. The smallest absolute Gasteiger partial charge is 0.106 e. The Morgan fingerprint density at radius 3 is 3.00 bits per heavy atom. The lowest BCUT2D eigenvalue weighted by Crippen LogP contribution is -2.13. The zero-order valence-corrected chi connectivity index (χ0v) is 8.48. The van der Waals surface area contributed by atoms with E-state index in [1.165, 1.54) is 11.5 Å². The summed E-state index contributed by atoms with van der Waals surface area (Å²) in [5, 5.41) is 0. The summed E-state index contributed by atoms with van der Waals surface area (Å²) >= 11 is 4.77. The van der Waals surface area contributed by atoms with Crippen molar-refractivity contribution in [1.29, 1.82) is 0 Å². The molecule has 0 saturated heterocycles.